The van der Waals surface area contributed by atoms with E-state index in [4.69, 9.17) is 9.79 Å². The number of unbranched alkanes of at least 4 members (excludes halogenated alkanes) is 14. The molecule has 4 heteroatoms. The van der Waals surface area contributed by atoms with Crippen molar-refractivity contribution in [1.82, 2.24) is 0 Å². The number of rotatable bonds is 18. The minimum absolute atomic E-state index is 0.0602. The Morgan fingerprint density at radius 1 is 0.583 bits per heavy atom. The molecule has 0 aromatic rings. The molecule has 24 heavy (non-hydrogen) atoms. The van der Waals surface area contributed by atoms with Crippen LogP contribution in [0.15, 0.2) is 0 Å². The summed E-state index contributed by atoms with van der Waals surface area (Å²) in [5.41, 5.74) is 0. The van der Waals surface area contributed by atoms with Gasteiger partial charge in [0, 0.05) is 6.16 Å². The van der Waals surface area contributed by atoms with Crippen molar-refractivity contribution in [1.29, 1.82) is 0 Å². The lowest BCUT2D eigenvalue weighted by atomic mass is 10.0. The van der Waals surface area contributed by atoms with E-state index in [1.54, 1.807) is 0 Å². The third-order valence-corrected chi connectivity index (χ3v) is 5.63. The van der Waals surface area contributed by atoms with Gasteiger partial charge in [-0.05, 0) is 12.3 Å². The Labute approximate surface area is 151 Å². The first-order valence-corrected chi connectivity index (χ1v) is 12.3. The molecule has 0 aliphatic heterocycles. The average Bonchev–Trinajstić information content (AvgIpc) is 2.49. The van der Waals surface area contributed by atoms with Crippen molar-refractivity contribution in [3.05, 3.63) is 0 Å². The Morgan fingerprint density at radius 2 is 0.875 bits per heavy atom. The molecule has 0 saturated heterocycles. The van der Waals surface area contributed by atoms with Crippen LogP contribution in [0.2, 0.25) is 0 Å². The first kappa shape index (κ1) is 24.1. The van der Waals surface area contributed by atoms with E-state index >= 15 is 0 Å². The third kappa shape index (κ3) is 22.1. The lowest BCUT2D eigenvalue weighted by Crippen LogP contribution is -1.88. The monoisotopic (exact) mass is 362 g/mol. The van der Waals surface area contributed by atoms with Gasteiger partial charge in [-0.15, -0.1) is 0 Å². The average molecular weight is 363 g/mol. The van der Waals surface area contributed by atoms with Gasteiger partial charge < -0.3 is 9.79 Å². The molecule has 0 aromatic carbocycles. The quantitative estimate of drug-likeness (QED) is 0.203. The molecule has 0 heterocycles. The van der Waals surface area contributed by atoms with Crippen molar-refractivity contribution < 1.29 is 14.4 Å². The van der Waals surface area contributed by atoms with E-state index < -0.39 is 7.60 Å². The molecule has 0 amide bonds. The first-order chi connectivity index (χ1) is 11.4. The van der Waals surface area contributed by atoms with Crippen LogP contribution in [0.1, 0.15) is 117 Å². The highest BCUT2D eigenvalue weighted by Crippen LogP contribution is 2.35. The van der Waals surface area contributed by atoms with E-state index in [9.17, 15) is 4.57 Å². The maximum Gasteiger partial charge on any atom is 0.325 e. The Morgan fingerprint density at radius 3 is 1.17 bits per heavy atom. The van der Waals surface area contributed by atoms with Crippen molar-refractivity contribution in [3.63, 3.8) is 0 Å². The molecule has 0 aliphatic rings. The lowest BCUT2D eigenvalue weighted by Gasteiger charge is -2.05. The highest BCUT2D eigenvalue weighted by Gasteiger charge is 2.10. The molecule has 0 bridgehead atoms. The van der Waals surface area contributed by atoms with Gasteiger partial charge >= 0.3 is 7.60 Å². The van der Waals surface area contributed by atoms with Crippen LogP contribution in [0.25, 0.3) is 0 Å². The highest BCUT2D eigenvalue weighted by molar-refractivity contribution is 7.51. The Balaban J connectivity index is 3.04. The molecule has 2 N–H and O–H groups in total. The van der Waals surface area contributed by atoms with Crippen LogP contribution in [0.5, 0.6) is 0 Å². The van der Waals surface area contributed by atoms with Crippen LogP contribution >= 0.6 is 7.60 Å². The molecular formula is C20H43O3P. The van der Waals surface area contributed by atoms with Crippen molar-refractivity contribution in [2.75, 3.05) is 6.16 Å². The largest absolute Gasteiger partial charge is 0.325 e. The standard InChI is InChI=1S/C20H43O3P/c1-20(2)18-16-14-12-10-8-6-4-3-5-7-9-11-13-15-17-19-24(21,22)23/h20H,3-19H2,1-2H3,(H2,21,22,23). The molecule has 146 valence electrons. The molecule has 0 aromatic heterocycles. The fraction of sp³-hybridized carbons (Fsp3) is 1.00. The second-order valence-electron chi connectivity index (χ2n) is 7.87. The molecule has 0 spiro atoms. The van der Waals surface area contributed by atoms with E-state index in [1.165, 1.54) is 83.5 Å². The summed E-state index contributed by atoms with van der Waals surface area (Å²) in [5.74, 6) is 0.865. The molecule has 0 saturated carbocycles. The van der Waals surface area contributed by atoms with E-state index in [-0.39, 0.29) is 6.16 Å². The van der Waals surface area contributed by atoms with Gasteiger partial charge in [-0.1, -0.05) is 110 Å². The number of hydrogen-bond donors (Lipinski definition) is 2. The maximum absolute atomic E-state index is 10.7. The summed E-state index contributed by atoms with van der Waals surface area (Å²) in [5, 5.41) is 0. The zero-order valence-electron chi connectivity index (χ0n) is 16.3. The van der Waals surface area contributed by atoms with E-state index in [0.29, 0.717) is 6.42 Å². The SMILES string of the molecule is CC(C)CCCCCCCCCCCCCCCCCP(=O)(O)O. The Kier molecular flexibility index (Phi) is 16.7. The summed E-state index contributed by atoms with van der Waals surface area (Å²) in [6, 6.07) is 0. The number of hydrogen-bond acceptors (Lipinski definition) is 1. The van der Waals surface area contributed by atoms with Crippen LogP contribution < -0.4 is 0 Å². The normalized spacial score (nSPS) is 12.2. The minimum atomic E-state index is -3.76. The van der Waals surface area contributed by atoms with Crippen LogP contribution in [-0.4, -0.2) is 15.9 Å². The van der Waals surface area contributed by atoms with E-state index in [1.807, 2.05) is 0 Å². The first-order valence-electron chi connectivity index (χ1n) is 10.5. The Hall–Kier alpha value is 0.150. The van der Waals surface area contributed by atoms with Gasteiger partial charge in [0.05, 0.1) is 0 Å². The summed E-state index contributed by atoms with van der Waals surface area (Å²) in [6.45, 7) is 4.62. The fourth-order valence-electron chi connectivity index (χ4n) is 3.17. The lowest BCUT2D eigenvalue weighted by molar-refractivity contribution is 0.370. The zero-order chi connectivity index (χ0) is 18.1. The summed E-state index contributed by atoms with van der Waals surface area (Å²) < 4.78 is 10.7. The molecule has 0 radical (unpaired) electrons. The van der Waals surface area contributed by atoms with Crippen molar-refractivity contribution in [3.8, 4) is 0 Å². The Bertz CT molecular complexity index is 299. The zero-order valence-corrected chi connectivity index (χ0v) is 17.2. The van der Waals surface area contributed by atoms with Crippen LogP contribution in [0.3, 0.4) is 0 Å². The van der Waals surface area contributed by atoms with Crippen LogP contribution in [0, 0.1) is 5.92 Å². The molecule has 0 unspecified atom stereocenters. The molecule has 0 atom stereocenters. The molecule has 0 rings (SSSR count). The van der Waals surface area contributed by atoms with Gasteiger partial charge in [0.15, 0.2) is 0 Å². The topological polar surface area (TPSA) is 57.5 Å². The smallest absolute Gasteiger partial charge is 0.324 e. The van der Waals surface area contributed by atoms with Crippen LogP contribution in [0.4, 0.5) is 0 Å². The molecular weight excluding hydrogens is 319 g/mol. The van der Waals surface area contributed by atoms with Gasteiger partial charge in [0.1, 0.15) is 0 Å². The maximum atomic E-state index is 10.7. The predicted molar refractivity (Wildman–Crippen MR) is 106 cm³/mol. The minimum Gasteiger partial charge on any atom is -0.324 e. The summed E-state index contributed by atoms with van der Waals surface area (Å²) in [6.07, 6.45) is 20.7. The van der Waals surface area contributed by atoms with Gasteiger partial charge in [0.25, 0.3) is 0 Å². The molecule has 3 nitrogen and oxygen atoms in total. The molecule has 0 fully saturated rings. The van der Waals surface area contributed by atoms with Crippen molar-refractivity contribution in [2.24, 2.45) is 5.92 Å². The third-order valence-electron chi connectivity index (χ3n) is 4.73. The predicted octanol–water partition coefficient (Wildman–Crippen LogP) is 7.06. The second-order valence-corrected chi connectivity index (χ2v) is 9.65. The summed E-state index contributed by atoms with van der Waals surface area (Å²) in [4.78, 5) is 17.5. The van der Waals surface area contributed by atoms with Gasteiger partial charge in [-0.25, -0.2) is 0 Å². The molecule has 0 aliphatic carbocycles. The highest BCUT2D eigenvalue weighted by atomic mass is 31.2. The fourth-order valence-corrected chi connectivity index (χ4v) is 3.80. The van der Waals surface area contributed by atoms with Gasteiger partial charge in [-0.2, -0.15) is 0 Å². The van der Waals surface area contributed by atoms with Crippen molar-refractivity contribution in [2.45, 2.75) is 117 Å². The summed E-state index contributed by atoms with van der Waals surface area (Å²) >= 11 is 0. The van der Waals surface area contributed by atoms with Crippen molar-refractivity contribution >= 4 is 7.60 Å². The summed E-state index contributed by atoms with van der Waals surface area (Å²) in [7, 11) is -3.76. The van der Waals surface area contributed by atoms with Gasteiger partial charge in [-0.3, -0.25) is 4.57 Å². The van der Waals surface area contributed by atoms with E-state index in [0.717, 1.165) is 18.8 Å². The van der Waals surface area contributed by atoms with Crippen LogP contribution in [-0.2, 0) is 4.57 Å². The second kappa shape index (κ2) is 16.6. The van der Waals surface area contributed by atoms with E-state index in [2.05, 4.69) is 13.8 Å². The van der Waals surface area contributed by atoms with Gasteiger partial charge in [0.2, 0.25) is 0 Å².